The van der Waals surface area contributed by atoms with Crippen molar-refractivity contribution in [1.82, 2.24) is 15.0 Å². The summed E-state index contributed by atoms with van der Waals surface area (Å²) in [7, 11) is 2.05. The molecule has 0 unspecified atom stereocenters. The van der Waals surface area contributed by atoms with E-state index in [9.17, 15) is 0 Å². The van der Waals surface area contributed by atoms with Gasteiger partial charge >= 0.3 is 0 Å². The summed E-state index contributed by atoms with van der Waals surface area (Å²) < 4.78 is 10.5. The van der Waals surface area contributed by atoms with Crippen LogP contribution in [0, 0.1) is 0 Å². The maximum atomic E-state index is 5.31. The second-order valence-electron chi connectivity index (χ2n) is 4.62. The van der Waals surface area contributed by atoms with Gasteiger partial charge in [0.1, 0.15) is 0 Å². The van der Waals surface area contributed by atoms with Crippen LogP contribution in [-0.2, 0) is 11.3 Å². The Kier molecular flexibility index (Phi) is 3.56. The molecule has 90 valence electrons. The molecular weight excluding hydrogens is 206 g/mol. The van der Waals surface area contributed by atoms with Gasteiger partial charge in [-0.25, -0.2) is 0 Å². The van der Waals surface area contributed by atoms with E-state index in [1.165, 1.54) is 0 Å². The smallest absolute Gasteiger partial charge is 0.240 e. The summed E-state index contributed by atoms with van der Waals surface area (Å²) in [5.74, 6) is 1.81. The molecule has 1 aromatic heterocycles. The lowest BCUT2D eigenvalue weighted by atomic mass is 10.1. The summed E-state index contributed by atoms with van der Waals surface area (Å²) in [5, 5.41) is 4.02. The highest BCUT2D eigenvalue weighted by Crippen LogP contribution is 2.22. The first-order valence-corrected chi connectivity index (χ1v) is 5.77. The Hall–Kier alpha value is -0.940. The average molecular weight is 225 g/mol. The van der Waals surface area contributed by atoms with Gasteiger partial charge in [0.05, 0.1) is 13.2 Å². The molecule has 5 nitrogen and oxygen atoms in total. The van der Waals surface area contributed by atoms with Crippen LogP contribution in [0.3, 0.4) is 0 Å². The van der Waals surface area contributed by atoms with Gasteiger partial charge in [0.15, 0.2) is 5.82 Å². The third-order valence-corrected chi connectivity index (χ3v) is 3.04. The van der Waals surface area contributed by atoms with Gasteiger partial charge in [-0.05, 0) is 27.3 Å². The van der Waals surface area contributed by atoms with E-state index >= 15 is 0 Å². The van der Waals surface area contributed by atoms with Crippen LogP contribution < -0.4 is 0 Å². The predicted octanol–water partition coefficient (Wildman–Crippen LogP) is 1.41. The minimum atomic E-state index is 0.321. The normalized spacial score (nSPS) is 21.2. The Bertz CT molecular complexity index is 332. The van der Waals surface area contributed by atoms with Crippen LogP contribution in [0.5, 0.6) is 0 Å². The van der Waals surface area contributed by atoms with E-state index in [1.54, 1.807) is 0 Å². The first-order valence-electron chi connectivity index (χ1n) is 5.77. The maximum absolute atomic E-state index is 5.31. The number of aromatic nitrogens is 2. The molecule has 1 fully saturated rings. The molecule has 0 N–H and O–H groups in total. The van der Waals surface area contributed by atoms with Gasteiger partial charge in [0, 0.05) is 18.6 Å². The quantitative estimate of drug-likeness (QED) is 0.775. The van der Waals surface area contributed by atoms with E-state index in [-0.39, 0.29) is 0 Å². The monoisotopic (exact) mass is 225 g/mol. The van der Waals surface area contributed by atoms with E-state index in [1.807, 2.05) is 7.05 Å². The molecule has 0 spiro atoms. The number of rotatable bonds is 4. The molecule has 1 aliphatic rings. The zero-order valence-corrected chi connectivity index (χ0v) is 10.1. The average Bonchev–Trinajstić information content (AvgIpc) is 2.85. The number of nitrogens with zero attached hydrogens (tertiary/aromatic N) is 3. The van der Waals surface area contributed by atoms with Crippen LogP contribution >= 0.6 is 0 Å². The molecule has 0 radical (unpaired) electrons. The van der Waals surface area contributed by atoms with Crippen molar-refractivity contribution >= 4 is 0 Å². The Labute approximate surface area is 95.8 Å². The second kappa shape index (κ2) is 4.93. The fourth-order valence-corrected chi connectivity index (χ4v) is 1.63. The molecule has 0 bridgehead atoms. The Morgan fingerprint density at radius 1 is 1.50 bits per heavy atom. The molecule has 1 aliphatic heterocycles. The highest BCUT2D eigenvalue weighted by Gasteiger charge is 2.23. The summed E-state index contributed by atoms with van der Waals surface area (Å²) in [6, 6.07) is 0.477. The van der Waals surface area contributed by atoms with Crippen LogP contribution in [-0.4, -0.2) is 41.3 Å². The summed E-state index contributed by atoms with van der Waals surface area (Å²) in [4.78, 5) is 6.58. The molecule has 2 rings (SSSR count). The largest absolute Gasteiger partial charge is 0.381 e. The Balaban J connectivity index is 1.96. The third-order valence-electron chi connectivity index (χ3n) is 3.04. The van der Waals surface area contributed by atoms with Crippen molar-refractivity contribution in [3.05, 3.63) is 11.7 Å². The summed E-state index contributed by atoms with van der Waals surface area (Å²) in [6.45, 7) is 6.52. The lowest BCUT2D eigenvalue weighted by Crippen LogP contribution is -2.25. The molecule has 0 aliphatic carbocycles. The Morgan fingerprint density at radius 2 is 2.31 bits per heavy atom. The molecule has 0 amide bonds. The molecule has 2 heterocycles. The van der Waals surface area contributed by atoms with E-state index in [2.05, 4.69) is 28.9 Å². The van der Waals surface area contributed by atoms with Gasteiger partial charge in [-0.3, -0.25) is 4.90 Å². The zero-order chi connectivity index (χ0) is 11.5. The van der Waals surface area contributed by atoms with E-state index < -0.39 is 0 Å². The Morgan fingerprint density at radius 3 is 2.94 bits per heavy atom. The van der Waals surface area contributed by atoms with E-state index in [4.69, 9.17) is 9.26 Å². The minimum absolute atomic E-state index is 0.321. The number of hydrogen-bond donors (Lipinski definition) is 0. The molecule has 0 aromatic carbocycles. The van der Waals surface area contributed by atoms with Crippen molar-refractivity contribution in [2.75, 3.05) is 20.3 Å². The van der Waals surface area contributed by atoms with E-state index in [0.29, 0.717) is 24.4 Å². The summed E-state index contributed by atoms with van der Waals surface area (Å²) in [6.07, 6.45) is 0.999. The molecule has 0 saturated carbocycles. The molecule has 16 heavy (non-hydrogen) atoms. The highest BCUT2D eigenvalue weighted by atomic mass is 16.5. The van der Waals surface area contributed by atoms with Gasteiger partial charge in [-0.15, -0.1) is 0 Å². The van der Waals surface area contributed by atoms with Crippen molar-refractivity contribution in [3.63, 3.8) is 0 Å². The summed E-state index contributed by atoms with van der Waals surface area (Å²) in [5.41, 5.74) is 0. The van der Waals surface area contributed by atoms with Crippen molar-refractivity contribution in [2.45, 2.75) is 38.8 Å². The first kappa shape index (κ1) is 11.5. The second-order valence-corrected chi connectivity index (χ2v) is 4.62. The number of ether oxygens (including phenoxy) is 1. The fraction of sp³-hybridized carbons (Fsp3) is 0.818. The SMILES string of the molecule is CC(C)N(C)Cc1nc([C@H]2CCOC2)no1. The molecule has 1 saturated heterocycles. The third kappa shape index (κ3) is 2.59. The van der Waals surface area contributed by atoms with E-state index in [0.717, 1.165) is 25.5 Å². The van der Waals surface area contributed by atoms with Crippen molar-refractivity contribution in [1.29, 1.82) is 0 Å². The molecule has 1 aromatic rings. The van der Waals surface area contributed by atoms with Crippen LogP contribution in [0.4, 0.5) is 0 Å². The molecule has 5 heteroatoms. The van der Waals surface area contributed by atoms with Crippen LogP contribution in [0.1, 0.15) is 37.9 Å². The minimum Gasteiger partial charge on any atom is -0.381 e. The van der Waals surface area contributed by atoms with Crippen molar-refractivity contribution in [2.24, 2.45) is 0 Å². The van der Waals surface area contributed by atoms with Gasteiger partial charge in [-0.2, -0.15) is 4.98 Å². The lowest BCUT2D eigenvalue weighted by Gasteiger charge is -2.18. The van der Waals surface area contributed by atoms with Crippen LogP contribution in [0.15, 0.2) is 4.52 Å². The van der Waals surface area contributed by atoms with Gasteiger partial charge in [-0.1, -0.05) is 5.16 Å². The standard InChI is InChI=1S/C11H19N3O2/c1-8(2)14(3)6-10-12-11(13-16-10)9-4-5-15-7-9/h8-9H,4-7H2,1-3H3/t9-/m0/s1. The van der Waals surface area contributed by atoms with Gasteiger partial charge in [0.2, 0.25) is 5.89 Å². The molecular formula is C11H19N3O2. The predicted molar refractivity (Wildman–Crippen MR) is 59.1 cm³/mol. The topological polar surface area (TPSA) is 51.4 Å². The summed E-state index contributed by atoms with van der Waals surface area (Å²) >= 11 is 0. The molecule has 1 atom stereocenters. The zero-order valence-electron chi connectivity index (χ0n) is 10.1. The maximum Gasteiger partial charge on any atom is 0.240 e. The van der Waals surface area contributed by atoms with Gasteiger partial charge < -0.3 is 9.26 Å². The van der Waals surface area contributed by atoms with Crippen LogP contribution in [0.25, 0.3) is 0 Å². The van der Waals surface area contributed by atoms with Crippen molar-refractivity contribution < 1.29 is 9.26 Å². The highest BCUT2D eigenvalue weighted by molar-refractivity contribution is 4.97. The fourth-order valence-electron chi connectivity index (χ4n) is 1.63. The van der Waals surface area contributed by atoms with Crippen LogP contribution in [0.2, 0.25) is 0 Å². The number of hydrogen-bond acceptors (Lipinski definition) is 5. The first-order chi connectivity index (χ1) is 7.66. The van der Waals surface area contributed by atoms with Gasteiger partial charge in [0.25, 0.3) is 0 Å². The lowest BCUT2D eigenvalue weighted by molar-refractivity contribution is 0.192. The van der Waals surface area contributed by atoms with Crippen molar-refractivity contribution in [3.8, 4) is 0 Å².